The summed E-state index contributed by atoms with van der Waals surface area (Å²) in [5, 5.41) is 3.44. The molecular formula is C13H26N3O5+. The molecule has 0 heterocycles. The van der Waals surface area contributed by atoms with Gasteiger partial charge in [0.15, 0.2) is 0 Å². The van der Waals surface area contributed by atoms with Gasteiger partial charge >= 0.3 is 5.97 Å². The summed E-state index contributed by atoms with van der Waals surface area (Å²) >= 11 is 0. The molecule has 0 aromatic heterocycles. The van der Waals surface area contributed by atoms with Gasteiger partial charge in [0.05, 0.1) is 46.1 Å². The molecule has 0 bridgehead atoms. The summed E-state index contributed by atoms with van der Waals surface area (Å²) in [6.07, 6.45) is 0.241. The highest BCUT2D eigenvalue weighted by molar-refractivity contribution is 5.69. The van der Waals surface area contributed by atoms with E-state index in [1.54, 1.807) is 0 Å². The first-order valence-corrected chi connectivity index (χ1v) is 6.94. The van der Waals surface area contributed by atoms with Crippen molar-refractivity contribution in [1.82, 2.24) is 4.91 Å². The van der Waals surface area contributed by atoms with Crippen molar-refractivity contribution in [2.24, 2.45) is 5.11 Å². The molecule has 8 nitrogen and oxygen atoms in total. The Hall–Kier alpha value is -1.34. The van der Waals surface area contributed by atoms with Crippen LogP contribution in [0.1, 0.15) is 27.2 Å². The van der Waals surface area contributed by atoms with Crippen LogP contribution < -0.4 is 4.91 Å². The van der Waals surface area contributed by atoms with E-state index in [0.717, 1.165) is 0 Å². The van der Waals surface area contributed by atoms with Gasteiger partial charge in [-0.2, -0.15) is 0 Å². The van der Waals surface area contributed by atoms with E-state index in [1.165, 1.54) is 0 Å². The highest BCUT2D eigenvalue weighted by atomic mass is 16.6. The Labute approximate surface area is 125 Å². The molecule has 0 aliphatic rings. The quantitative estimate of drug-likeness (QED) is 0.253. The molecule has 21 heavy (non-hydrogen) atoms. The Morgan fingerprint density at radius 1 is 1.00 bits per heavy atom. The van der Waals surface area contributed by atoms with Crippen LogP contribution in [0.4, 0.5) is 0 Å². The Kier molecular flexibility index (Phi) is 11.6. The van der Waals surface area contributed by atoms with Crippen molar-refractivity contribution >= 4 is 5.97 Å². The first-order chi connectivity index (χ1) is 9.95. The first kappa shape index (κ1) is 19.7. The Bertz CT molecular complexity index is 324. The van der Waals surface area contributed by atoms with Gasteiger partial charge < -0.3 is 18.9 Å². The molecule has 0 aromatic rings. The van der Waals surface area contributed by atoms with Gasteiger partial charge in [-0.1, -0.05) is 0 Å². The van der Waals surface area contributed by atoms with Crippen LogP contribution in [0, 0.1) is 5.53 Å². The van der Waals surface area contributed by atoms with E-state index in [0.29, 0.717) is 46.2 Å². The average Bonchev–Trinajstić information content (AvgIpc) is 2.38. The van der Waals surface area contributed by atoms with E-state index in [9.17, 15) is 4.79 Å². The molecule has 0 radical (unpaired) electrons. The van der Waals surface area contributed by atoms with E-state index < -0.39 is 5.60 Å². The van der Waals surface area contributed by atoms with Crippen molar-refractivity contribution in [3.05, 3.63) is 0 Å². The predicted octanol–water partition coefficient (Wildman–Crippen LogP) is 1.32. The minimum Gasteiger partial charge on any atom is -0.460 e. The van der Waals surface area contributed by atoms with Crippen molar-refractivity contribution in [2.75, 3.05) is 46.2 Å². The monoisotopic (exact) mass is 304 g/mol. The maximum Gasteiger partial charge on any atom is 0.308 e. The lowest BCUT2D eigenvalue weighted by Gasteiger charge is -2.19. The molecule has 0 amide bonds. The molecule has 0 spiro atoms. The maximum atomic E-state index is 11.4. The minimum atomic E-state index is -0.456. The maximum absolute atomic E-state index is 11.4. The molecule has 0 aliphatic heterocycles. The number of carbonyl (C=O) groups is 1. The molecule has 0 atom stereocenters. The summed E-state index contributed by atoms with van der Waals surface area (Å²) in [7, 11) is 0. The van der Waals surface area contributed by atoms with Gasteiger partial charge in [-0.15, -0.1) is 0 Å². The van der Waals surface area contributed by atoms with Crippen molar-refractivity contribution in [1.29, 1.82) is 5.53 Å². The Morgan fingerprint density at radius 2 is 1.52 bits per heavy atom. The molecule has 0 saturated heterocycles. The van der Waals surface area contributed by atoms with Gasteiger partial charge in [0.2, 0.25) is 4.91 Å². The minimum absolute atomic E-state index is 0.241. The van der Waals surface area contributed by atoms with E-state index >= 15 is 0 Å². The van der Waals surface area contributed by atoms with Crippen LogP contribution in [-0.2, 0) is 23.7 Å². The van der Waals surface area contributed by atoms with Gasteiger partial charge in [0.25, 0.3) is 0 Å². The zero-order chi connectivity index (χ0) is 16.0. The molecule has 0 rings (SSSR count). The first-order valence-electron chi connectivity index (χ1n) is 6.94. The molecule has 0 aliphatic carbocycles. The highest BCUT2D eigenvalue weighted by Crippen LogP contribution is 2.07. The standard InChI is InChI=1S/C13H26N3O5/c1-13(2,3)21-12(17)4-6-18-8-10-20-11-9-19-7-5-15-16-14/h14H,4-11H2,1-3H3/q+1. The van der Waals surface area contributed by atoms with Crippen LogP contribution in [0.25, 0.3) is 0 Å². The SMILES string of the molecule is CC(C)(C)OC(=O)CCOCCOCCOCCN=[N+]=N. The van der Waals surface area contributed by atoms with Gasteiger partial charge in [0.1, 0.15) is 22.8 Å². The van der Waals surface area contributed by atoms with E-state index in [2.05, 4.69) is 10.0 Å². The largest absolute Gasteiger partial charge is 0.460 e. The third-order valence-electron chi connectivity index (χ3n) is 2.02. The van der Waals surface area contributed by atoms with Crippen LogP contribution >= 0.6 is 0 Å². The van der Waals surface area contributed by atoms with E-state index in [4.69, 9.17) is 24.5 Å². The van der Waals surface area contributed by atoms with Gasteiger partial charge in [-0.05, 0) is 20.8 Å². The second kappa shape index (κ2) is 12.4. The summed E-state index contributed by atoms with van der Waals surface area (Å²) < 4.78 is 20.9. The van der Waals surface area contributed by atoms with Gasteiger partial charge in [0, 0.05) is 0 Å². The van der Waals surface area contributed by atoms with E-state index in [-0.39, 0.29) is 12.4 Å². The van der Waals surface area contributed by atoms with Gasteiger partial charge in [-0.3, -0.25) is 4.79 Å². The van der Waals surface area contributed by atoms with Crippen LogP contribution in [0.15, 0.2) is 5.11 Å². The molecule has 1 N–H and O–H groups in total. The van der Waals surface area contributed by atoms with Crippen molar-refractivity contribution in [2.45, 2.75) is 32.8 Å². The topological polar surface area (TPSA) is 104 Å². The molecule has 0 saturated carbocycles. The number of nitrogens with one attached hydrogen (secondary N) is 1. The van der Waals surface area contributed by atoms with E-state index in [1.807, 2.05) is 20.8 Å². The summed E-state index contributed by atoms with van der Waals surface area (Å²) in [6, 6.07) is 0. The number of nitrogens with zero attached hydrogens (tertiary/aromatic N) is 2. The van der Waals surface area contributed by atoms with Crippen molar-refractivity contribution in [3.63, 3.8) is 0 Å². The number of carbonyl (C=O) groups excluding carboxylic acids is 1. The molecule has 122 valence electrons. The fourth-order valence-electron chi connectivity index (χ4n) is 1.25. The Morgan fingerprint density at radius 3 is 2.05 bits per heavy atom. The lowest BCUT2D eigenvalue weighted by Crippen LogP contribution is -2.24. The van der Waals surface area contributed by atoms with Crippen molar-refractivity contribution in [3.8, 4) is 0 Å². The summed E-state index contributed by atoms with van der Waals surface area (Å²) in [4.78, 5) is 14.2. The van der Waals surface area contributed by atoms with Crippen LogP contribution in [-0.4, -0.2) is 57.8 Å². The summed E-state index contributed by atoms with van der Waals surface area (Å²) in [6.45, 7) is 8.44. The highest BCUT2D eigenvalue weighted by Gasteiger charge is 2.15. The second-order valence-electron chi connectivity index (χ2n) is 5.14. The molecule has 0 aromatic carbocycles. The van der Waals surface area contributed by atoms with Crippen molar-refractivity contribution < 1.29 is 23.7 Å². The molecule has 0 unspecified atom stereocenters. The number of esters is 1. The number of hydrogen-bond acceptors (Lipinski definition) is 7. The summed E-state index contributed by atoms with van der Waals surface area (Å²) in [5.41, 5.74) is 5.98. The fourth-order valence-corrected chi connectivity index (χ4v) is 1.25. The second-order valence-corrected chi connectivity index (χ2v) is 5.14. The predicted molar refractivity (Wildman–Crippen MR) is 75.1 cm³/mol. The normalized spacial score (nSPS) is 11.0. The zero-order valence-electron chi connectivity index (χ0n) is 13.1. The van der Waals surface area contributed by atoms with Gasteiger partial charge in [-0.25, -0.2) is 0 Å². The lowest BCUT2D eigenvalue weighted by molar-refractivity contribution is -0.156. The Balaban J connectivity index is 3.22. The van der Waals surface area contributed by atoms with Crippen LogP contribution in [0.3, 0.4) is 0 Å². The lowest BCUT2D eigenvalue weighted by atomic mass is 10.2. The third kappa shape index (κ3) is 16.6. The molecular weight excluding hydrogens is 278 g/mol. The third-order valence-corrected chi connectivity index (χ3v) is 2.02. The molecule has 0 fully saturated rings. The van der Waals surface area contributed by atoms with Crippen LogP contribution in [0.2, 0.25) is 0 Å². The average molecular weight is 304 g/mol. The summed E-state index contributed by atoms with van der Waals surface area (Å²) in [5.74, 6) is -0.262. The number of rotatable bonds is 12. The van der Waals surface area contributed by atoms with Crippen LogP contribution in [0.5, 0.6) is 0 Å². The molecule has 8 heteroatoms. The zero-order valence-corrected chi connectivity index (χ0v) is 13.1. The fraction of sp³-hybridized carbons (Fsp3) is 0.923. The number of ether oxygens (including phenoxy) is 4. The smallest absolute Gasteiger partial charge is 0.308 e. The number of hydrogen-bond donors (Lipinski definition) is 1.